The largest absolute Gasteiger partial charge is 0.497 e. The van der Waals surface area contributed by atoms with E-state index in [0.717, 1.165) is 12.8 Å². The lowest BCUT2D eigenvalue weighted by molar-refractivity contribution is -0.117. The normalized spacial score (nSPS) is 22.1. The van der Waals surface area contributed by atoms with E-state index in [1.807, 2.05) is 0 Å². The summed E-state index contributed by atoms with van der Waals surface area (Å²) in [5.41, 5.74) is 0. The molecule has 4 heteroatoms. The van der Waals surface area contributed by atoms with Crippen LogP contribution in [-0.2, 0) is 15.6 Å². The Hall–Kier alpha value is -1.16. The van der Waals surface area contributed by atoms with Crippen LogP contribution in [0.2, 0.25) is 0 Å². The van der Waals surface area contributed by atoms with Gasteiger partial charge in [0, 0.05) is 11.3 Å². The van der Waals surface area contributed by atoms with E-state index in [4.69, 9.17) is 4.74 Å². The highest BCUT2D eigenvalue weighted by atomic mass is 32.2. The van der Waals surface area contributed by atoms with Gasteiger partial charge in [-0.15, -0.1) is 0 Å². The van der Waals surface area contributed by atoms with Crippen LogP contribution in [0.3, 0.4) is 0 Å². The number of rotatable bonds is 3. The molecule has 1 fully saturated rings. The minimum absolute atomic E-state index is 0.126. The predicted molar refractivity (Wildman–Crippen MR) is 62.0 cm³/mol. The van der Waals surface area contributed by atoms with Gasteiger partial charge < -0.3 is 4.74 Å². The molecule has 3 nitrogen and oxygen atoms in total. The summed E-state index contributed by atoms with van der Waals surface area (Å²) < 4.78 is 17.2. The number of benzene rings is 1. The molecule has 2 atom stereocenters. The van der Waals surface area contributed by atoms with Crippen LogP contribution in [0.4, 0.5) is 0 Å². The fourth-order valence-electron chi connectivity index (χ4n) is 1.90. The Morgan fingerprint density at radius 3 is 2.88 bits per heavy atom. The molecule has 1 aliphatic rings. The maximum absolute atomic E-state index is 12.2. The summed E-state index contributed by atoms with van der Waals surface area (Å²) in [6, 6.07) is 7.12. The van der Waals surface area contributed by atoms with Gasteiger partial charge in [-0.25, -0.2) is 0 Å². The van der Waals surface area contributed by atoms with E-state index in [1.54, 1.807) is 31.4 Å². The summed E-state index contributed by atoms with van der Waals surface area (Å²) in [5.74, 6) is 0.803. The summed E-state index contributed by atoms with van der Waals surface area (Å²) in [5, 5.41) is -0.313. The van der Waals surface area contributed by atoms with Crippen molar-refractivity contribution < 1.29 is 13.7 Å². The van der Waals surface area contributed by atoms with E-state index in [-0.39, 0.29) is 11.0 Å². The summed E-state index contributed by atoms with van der Waals surface area (Å²) in [6.45, 7) is 0. The molecule has 0 radical (unpaired) electrons. The zero-order valence-corrected chi connectivity index (χ0v) is 9.96. The van der Waals surface area contributed by atoms with Crippen LogP contribution in [0.1, 0.15) is 19.3 Å². The monoisotopic (exact) mass is 238 g/mol. The number of ketones is 1. The standard InChI is InChI=1S/C12H14O3S/c1-15-9-4-2-5-10(8-9)16(14)12-7-3-6-11(12)13/h2,4-5,8,12H,3,6-7H2,1H3. The predicted octanol–water partition coefficient (Wildman–Crippen LogP) is 1.92. The first-order chi connectivity index (χ1) is 7.72. The molecule has 2 unspecified atom stereocenters. The molecule has 1 aliphatic carbocycles. The van der Waals surface area contributed by atoms with Gasteiger partial charge in [0.05, 0.1) is 23.2 Å². The molecule has 0 amide bonds. The molecule has 0 aliphatic heterocycles. The zero-order valence-electron chi connectivity index (χ0n) is 9.14. The van der Waals surface area contributed by atoms with Crippen LogP contribution in [0.25, 0.3) is 0 Å². The minimum Gasteiger partial charge on any atom is -0.497 e. The fourth-order valence-corrected chi connectivity index (χ4v) is 3.41. The van der Waals surface area contributed by atoms with Gasteiger partial charge in [-0.1, -0.05) is 6.07 Å². The van der Waals surface area contributed by atoms with Gasteiger partial charge in [-0.05, 0) is 31.0 Å². The highest BCUT2D eigenvalue weighted by Crippen LogP contribution is 2.25. The molecule has 0 N–H and O–H groups in total. The first kappa shape index (κ1) is 11.3. The van der Waals surface area contributed by atoms with Gasteiger partial charge in [0.25, 0.3) is 0 Å². The average molecular weight is 238 g/mol. The third kappa shape index (κ3) is 2.16. The van der Waals surface area contributed by atoms with Gasteiger partial charge in [0.1, 0.15) is 11.5 Å². The zero-order chi connectivity index (χ0) is 11.5. The Morgan fingerprint density at radius 2 is 2.25 bits per heavy atom. The number of hydrogen-bond donors (Lipinski definition) is 0. The van der Waals surface area contributed by atoms with Crippen molar-refractivity contribution in [3.8, 4) is 5.75 Å². The number of carbonyl (C=O) groups excluding carboxylic acids is 1. The van der Waals surface area contributed by atoms with E-state index in [0.29, 0.717) is 17.1 Å². The molecular weight excluding hydrogens is 224 g/mol. The average Bonchev–Trinajstić information content (AvgIpc) is 2.74. The SMILES string of the molecule is COc1cccc(S(=O)C2CCCC2=O)c1. The molecule has 16 heavy (non-hydrogen) atoms. The van der Waals surface area contributed by atoms with Crippen molar-refractivity contribution in [3.05, 3.63) is 24.3 Å². The lowest BCUT2D eigenvalue weighted by atomic mass is 10.3. The molecule has 1 aromatic rings. The third-order valence-corrected chi connectivity index (χ3v) is 4.51. The van der Waals surface area contributed by atoms with E-state index >= 15 is 0 Å². The summed E-state index contributed by atoms with van der Waals surface area (Å²) in [4.78, 5) is 12.2. The Labute approximate surface area is 97.3 Å². The molecule has 0 aromatic heterocycles. The lowest BCUT2D eigenvalue weighted by Gasteiger charge is -2.09. The number of methoxy groups -OCH3 is 1. The lowest BCUT2D eigenvalue weighted by Crippen LogP contribution is -2.19. The first-order valence-electron chi connectivity index (χ1n) is 5.29. The molecule has 0 spiro atoms. The van der Waals surface area contributed by atoms with Crippen LogP contribution in [0.15, 0.2) is 29.2 Å². The maximum Gasteiger partial charge on any atom is 0.148 e. The van der Waals surface area contributed by atoms with Crippen molar-refractivity contribution in [2.75, 3.05) is 7.11 Å². The number of Topliss-reactive ketones (excluding diaryl/α,β-unsaturated/α-hetero) is 1. The second-order valence-corrected chi connectivity index (χ2v) is 5.46. The Kier molecular flexibility index (Phi) is 3.39. The smallest absolute Gasteiger partial charge is 0.148 e. The number of carbonyl (C=O) groups is 1. The van der Waals surface area contributed by atoms with Crippen molar-refractivity contribution in [2.24, 2.45) is 0 Å². The molecule has 0 saturated heterocycles. The van der Waals surface area contributed by atoms with Gasteiger partial charge in [0.15, 0.2) is 0 Å². The molecular formula is C12H14O3S. The van der Waals surface area contributed by atoms with Crippen molar-refractivity contribution in [1.82, 2.24) is 0 Å². The quantitative estimate of drug-likeness (QED) is 0.808. The van der Waals surface area contributed by atoms with Crippen LogP contribution in [0, 0.1) is 0 Å². The maximum atomic E-state index is 12.2. The third-order valence-electron chi connectivity index (χ3n) is 2.78. The Bertz CT molecular complexity index is 428. The summed E-state index contributed by atoms with van der Waals surface area (Å²) in [6.07, 6.45) is 2.17. The summed E-state index contributed by atoms with van der Waals surface area (Å²) >= 11 is 0. The molecule has 1 aromatic carbocycles. The Balaban J connectivity index is 2.23. The van der Waals surface area contributed by atoms with Crippen molar-refractivity contribution in [2.45, 2.75) is 29.4 Å². The molecule has 0 heterocycles. The molecule has 2 rings (SSSR count). The molecule has 1 saturated carbocycles. The topological polar surface area (TPSA) is 43.4 Å². The van der Waals surface area contributed by atoms with Crippen molar-refractivity contribution >= 4 is 16.6 Å². The first-order valence-corrected chi connectivity index (χ1v) is 6.51. The van der Waals surface area contributed by atoms with Crippen molar-refractivity contribution in [1.29, 1.82) is 0 Å². The fraction of sp³-hybridized carbons (Fsp3) is 0.417. The van der Waals surface area contributed by atoms with Crippen LogP contribution in [-0.4, -0.2) is 22.4 Å². The van der Waals surface area contributed by atoms with Crippen LogP contribution in [0.5, 0.6) is 5.75 Å². The van der Waals surface area contributed by atoms with Gasteiger partial charge in [0.2, 0.25) is 0 Å². The van der Waals surface area contributed by atoms with Gasteiger partial charge in [-0.2, -0.15) is 0 Å². The molecule has 0 bridgehead atoms. The highest BCUT2D eigenvalue weighted by molar-refractivity contribution is 7.86. The Morgan fingerprint density at radius 1 is 1.44 bits per heavy atom. The van der Waals surface area contributed by atoms with Gasteiger partial charge in [-0.3, -0.25) is 9.00 Å². The second kappa shape index (κ2) is 4.78. The molecule has 86 valence electrons. The number of hydrogen-bond acceptors (Lipinski definition) is 3. The van der Waals surface area contributed by atoms with E-state index < -0.39 is 10.8 Å². The minimum atomic E-state index is -1.23. The summed E-state index contributed by atoms with van der Waals surface area (Å²) in [7, 11) is 0.342. The van der Waals surface area contributed by atoms with E-state index in [1.165, 1.54) is 0 Å². The van der Waals surface area contributed by atoms with Crippen LogP contribution < -0.4 is 4.74 Å². The number of ether oxygens (including phenoxy) is 1. The van der Waals surface area contributed by atoms with E-state index in [9.17, 15) is 9.00 Å². The van der Waals surface area contributed by atoms with Crippen molar-refractivity contribution in [3.63, 3.8) is 0 Å². The van der Waals surface area contributed by atoms with Gasteiger partial charge >= 0.3 is 0 Å². The second-order valence-electron chi connectivity index (χ2n) is 3.82. The van der Waals surface area contributed by atoms with Crippen LogP contribution >= 0.6 is 0 Å². The van der Waals surface area contributed by atoms with E-state index in [2.05, 4.69) is 0 Å². The highest BCUT2D eigenvalue weighted by Gasteiger charge is 2.30.